The molecule has 1 fully saturated rings. The van der Waals surface area contributed by atoms with Gasteiger partial charge >= 0.3 is 0 Å². The van der Waals surface area contributed by atoms with E-state index in [1.54, 1.807) is 0 Å². The summed E-state index contributed by atoms with van der Waals surface area (Å²) in [6.07, 6.45) is 2.59. The van der Waals surface area contributed by atoms with Crippen LogP contribution in [0.5, 0.6) is 0 Å². The van der Waals surface area contributed by atoms with Gasteiger partial charge in [-0.3, -0.25) is 4.68 Å². The van der Waals surface area contributed by atoms with Crippen LogP contribution >= 0.6 is 0 Å². The molecule has 0 atom stereocenters. The van der Waals surface area contributed by atoms with Crippen LogP contribution in [-0.2, 0) is 7.05 Å². The molecule has 16 heavy (non-hydrogen) atoms. The number of nitrogens with zero attached hydrogens (tertiary/aromatic N) is 3. The van der Waals surface area contributed by atoms with Crippen LogP contribution in [0.2, 0.25) is 0 Å². The predicted molar refractivity (Wildman–Crippen MR) is 66.6 cm³/mol. The molecule has 1 saturated heterocycles. The first kappa shape index (κ1) is 9.51. The van der Waals surface area contributed by atoms with E-state index in [1.807, 2.05) is 11.7 Å². The van der Waals surface area contributed by atoms with Gasteiger partial charge in [-0.15, -0.1) is 0 Å². The van der Waals surface area contributed by atoms with Crippen molar-refractivity contribution in [2.75, 3.05) is 23.7 Å². The quantitative estimate of drug-likeness (QED) is 0.790. The van der Waals surface area contributed by atoms with Crippen LogP contribution in [0, 0.1) is 0 Å². The average Bonchev–Trinajstić information content (AvgIpc) is 2.88. The topological polar surface area (TPSA) is 47.1 Å². The molecule has 0 spiro atoms. The van der Waals surface area contributed by atoms with Gasteiger partial charge in [-0.05, 0) is 31.0 Å². The third-order valence-electron chi connectivity index (χ3n) is 3.33. The maximum absolute atomic E-state index is 5.84. The molecular weight excluding hydrogens is 200 g/mol. The minimum absolute atomic E-state index is 0.616. The van der Waals surface area contributed by atoms with Crippen molar-refractivity contribution in [3.8, 4) is 0 Å². The SMILES string of the molecule is Cn1nc(N)c2ccc(N3CCCC3)cc21. The molecule has 0 bridgehead atoms. The van der Waals surface area contributed by atoms with Gasteiger partial charge in [0.2, 0.25) is 0 Å². The number of aromatic nitrogens is 2. The van der Waals surface area contributed by atoms with Crippen LogP contribution in [-0.4, -0.2) is 22.9 Å². The Labute approximate surface area is 94.6 Å². The molecule has 3 rings (SSSR count). The van der Waals surface area contributed by atoms with Crippen LogP contribution in [0.15, 0.2) is 18.2 Å². The largest absolute Gasteiger partial charge is 0.382 e. The Bertz CT molecular complexity index is 523. The number of anilines is 2. The summed E-state index contributed by atoms with van der Waals surface area (Å²) in [5.41, 5.74) is 8.23. The summed E-state index contributed by atoms with van der Waals surface area (Å²) in [7, 11) is 1.94. The lowest BCUT2D eigenvalue weighted by Crippen LogP contribution is -2.17. The Hall–Kier alpha value is -1.71. The highest BCUT2D eigenvalue weighted by molar-refractivity contribution is 5.91. The summed E-state index contributed by atoms with van der Waals surface area (Å²) in [5.74, 6) is 0.616. The number of hydrogen-bond acceptors (Lipinski definition) is 3. The maximum atomic E-state index is 5.84. The molecule has 2 N–H and O–H groups in total. The van der Waals surface area contributed by atoms with E-state index in [1.165, 1.54) is 31.6 Å². The normalized spacial score (nSPS) is 16.2. The van der Waals surface area contributed by atoms with Crippen molar-refractivity contribution in [1.29, 1.82) is 0 Å². The van der Waals surface area contributed by atoms with Crippen LogP contribution < -0.4 is 10.6 Å². The third kappa shape index (κ3) is 1.33. The van der Waals surface area contributed by atoms with Crippen molar-refractivity contribution in [3.63, 3.8) is 0 Å². The molecule has 0 saturated carbocycles. The second-order valence-corrected chi connectivity index (χ2v) is 4.40. The summed E-state index contributed by atoms with van der Waals surface area (Å²) in [6, 6.07) is 6.40. The molecule has 1 aromatic carbocycles. The predicted octanol–water partition coefficient (Wildman–Crippen LogP) is 1.76. The monoisotopic (exact) mass is 216 g/mol. The lowest BCUT2D eigenvalue weighted by Gasteiger charge is -2.17. The zero-order chi connectivity index (χ0) is 11.1. The minimum Gasteiger partial charge on any atom is -0.382 e. The van der Waals surface area contributed by atoms with Crippen LogP contribution in [0.3, 0.4) is 0 Å². The zero-order valence-corrected chi connectivity index (χ0v) is 9.48. The number of rotatable bonds is 1. The van der Waals surface area contributed by atoms with Gasteiger partial charge in [0.25, 0.3) is 0 Å². The molecule has 1 aliphatic rings. The number of nitrogens with two attached hydrogens (primary N) is 1. The summed E-state index contributed by atoms with van der Waals surface area (Å²) < 4.78 is 1.85. The second-order valence-electron chi connectivity index (χ2n) is 4.40. The highest BCUT2D eigenvalue weighted by Crippen LogP contribution is 2.27. The van der Waals surface area contributed by atoms with Gasteiger partial charge in [0.1, 0.15) is 0 Å². The number of aryl methyl sites for hydroxylation is 1. The summed E-state index contributed by atoms with van der Waals surface area (Å²) in [6.45, 7) is 2.33. The molecule has 0 aliphatic carbocycles. The lowest BCUT2D eigenvalue weighted by atomic mass is 10.2. The highest BCUT2D eigenvalue weighted by Gasteiger charge is 2.14. The Morgan fingerprint density at radius 2 is 2.00 bits per heavy atom. The van der Waals surface area contributed by atoms with Gasteiger partial charge in [-0.25, -0.2) is 0 Å². The first-order chi connectivity index (χ1) is 7.75. The molecule has 0 unspecified atom stereocenters. The summed E-state index contributed by atoms with van der Waals surface area (Å²) in [4.78, 5) is 2.42. The Balaban J connectivity index is 2.11. The first-order valence-electron chi connectivity index (χ1n) is 5.73. The molecular formula is C12H16N4. The van der Waals surface area contributed by atoms with Crippen molar-refractivity contribution in [2.24, 2.45) is 7.05 Å². The van der Waals surface area contributed by atoms with E-state index in [0.717, 1.165) is 10.9 Å². The fraction of sp³-hybridized carbons (Fsp3) is 0.417. The van der Waals surface area contributed by atoms with E-state index in [2.05, 4.69) is 28.2 Å². The summed E-state index contributed by atoms with van der Waals surface area (Å²) >= 11 is 0. The minimum atomic E-state index is 0.616. The fourth-order valence-corrected chi connectivity index (χ4v) is 2.45. The summed E-state index contributed by atoms with van der Waals surface area (Å²) in [5, 5.41) is 5.28. The third-order valence-corrected chi connectivity index (χ3v) is 3.33. The second kappa shape index (κ2) is 3.40. The average molecular weight is 216 g/mol. The van der Waals surface area contributed by atoms with Gasteiger partial charge in [0.05, 0.1) is 5.52 Å². The molecule has 4 heteroatoms. The van der Waals surface area contributed by atoms with Crippen LogP contribution in [0.4, 0.5) is 11.5 Å². The lowest BCUT2D eigenvalue weighted by molar-refractivity contribution is 0.801. The molecule has 1 aromatic heterocycles. The van der Waals surface area contributed by atoms with Crippen molar-refractivity contribution in [3.05, 3.63) is 18.2 Å². The molecule has 4 nitrogen and oxygen atoms in total. The van der Waals surface area contributed by atoms with E-state index in [-0.39, 0.29) is 0 Å². The van der Waals surface area contributed by atoms with Crippen molar-refractivity contribution < 1.29 is 0 Å². The van der Waals surface area contributed by atoms with Gasteiger partial charge in [-0.1, -0.05) is 0 Å². The standard InChI is InChI=1S/C12H16N4/c1-15-11-8-9(16-6-2-3-7-16)4-5-10(11)12(13)14-15/h4-5,8H,2-3,6-7H2,1H3,(H2,13,14). The molecule has 0 radical (unpaired) electrons. The van der Waals surface area contributed by atoms with Gasteiger partial charge in [0, 0.05) is 31.2 Å². The van der Waals surface area contributed by atoms with Gasteiger partial charge < -0.3 is 10.6 Å². The smallest absolute Gasteiger partial charge is 0.153 e. The van der Waals surface area contributed by atoms with Crippen molar-refractivity contribution in [2.45, 2.75) is 12.8 Å². The first-order valence-corrected chi connectivity index (χ1v) is 5.73. The number of fused-ring (bicyclic) bond motifs is 1. The van der Waals surface area contributed by atoms with E-state index in [0.29, 0.717) is 5.82 Å². The van der Waals surface area contributed by atoms with Crippen molar-refractivity contribution >= 4 is 22.4 Å². The van der Waals surface area contributed by atoms with Crippen LogP contribution in [0.25, 0.3) is 10.9 Å². The van der Waals surface area contributed by atoms with Gasteiger partial charge in [-0.2, -0.15) is 5.10 Å². The number of nitrogen functional groups attached to an aromatic ring is 1. The highest BCUT2D eigenvalue weighted by atomic mass is 15.3. The van der Waals surface area contributed by atoms with Crippen LogP contribution in [0.1, 0.15) is 12.8 Å². The molecule has 1 aliphatic heterocycles. The zero-order valence-electron chi connectivity index (χ0n) is 9.48. The van der Waals surface area contributed by atoms with Crippen molar-refractivity contribution in [1.82, 2.24) is 9.78 Å². The maximum Gasteiger partial charge on any atom is 0.153 e. The molecule has 0 amide bonds. The Morgan fingerprint density at radius 1 is 1.25 bits per heavy atom. The van der Waals surface area contributed by atoms with E-state index >= 15 is 0 Å². The molecule has 84 valence electrons. The molecule has 2 aromatic rings. The van der Waals surface area contributed by atoms with E-state index in [4.69, 9.17) is 5.73 Å². The van der Waals surface area contributed by atoms with Gasteiger partial charge in [0.15, 0.2) is 5.82 Å². The molecule has 2 heterocycles. The number of benzene rings is 1. The number of hydrogen-bond donors (Lipinski definition) is 1. The van der Waals surface area contributed by atoms with E-state index < -0.39 is 0 Å². The Kier molecular flexibility index (Phi) is 2.02. The Morgan fingerprint density at radius 3 is 2.75 bits per heavy atom. The fourth-order valence-electron chi connectivity index (χ4n) is 2.45. The van der Waals surface area contributed by atoms with E-state index in [9.17, 15) is 0 Å².